The molecule has 0 N–H and O–H groups in total. The second-order valence-corrected chi connectivity index (χ2v) is 5.19. The number of hydrogen-bond acceptors (Lipinski definition) is 3. The van der Waals surface area contributed by atoms with E-state index in [1.807, 2.05) is 42.5 Å². The van der Waals surface area contributed by atoms with Gasteiger partial charge in [-0.3, -0.25) is 4.79 Å². The van der Waals surface area contributed by atoms with Crippen molar-refractivity contribution < 1.29 is 4.79 Å². The molecule has 1 aromatic heterocycles. The van der Waals surface area contributed by atoms with Crippen LogP contribution in [0.4, 0.5) is 0 Å². The van der Waals surface area contributed by atoms with Crippen LogP contribution in [-0.4, -0.2) is 20.9 Å². The summed E-state index contributed by atoms with van der Waals surface area (Å²) in [5.41, 5.74) is 2.78. The first kappa shape index (κ1) is 11.3. The second-order valence-electron chi connectivity index (χ2n) is 5.19. The molecule has 1 aliphatic rings. The van der Waals surface area contributed by atoms with Crippen LogP contribution in [0.2, 0.25) is 0 Å². The van der Waals surface area contributed by atoms with Gasteiger partial charge in [-0.1, -0.05) is 47.7 Å². The van der Waals surface area contributed by atoms with Gasteiger partial charge < -0.3 is 0 Å². The van der Waals surface area contributed by atoms with E-state index in [9.17, 15) is 4.79 Å². The largest absolute Gasteiger partial charge is 0.272 e. The van der Waals surface area contributed by atoms with Crippen molar-refractivity contribution in [1.29, 1.82) is 0 Å². The van der Waals surface area contributed by atoms with Gasteiger partial charge in [0.2, 0.25) is 0 Å². The van der Waals surface area contributed by atoms with E-state index in [2.05, 4.69) is 22.4 Å². The van der Waals surface area contributed by atoms with Gasteiger partial charge >= 0.3 is 0 Å². The third-order valence-corrected chi connectivity index (χ3v) is 3.90. The van der Waals surface area contributed by atoms with E-state index in [4.69, 9.17) is 0 Å². The molecule has 4 nitrogen and oxygen atoms in total. The molecule has 1 saturated carbocycles. The maximum atomic E-state index is 12.5. The number of carbonyl (C=O) groups is 1. The van der Waals surface area contributed by atoms with E-state index >= 15 is 0 Å². The Bertz CT molecular complexity index is 779. The maximum absolute atomic E-state index is 12.5. The minimum atomic E-state index is 0.0301. The Labute approximate surface area is 116 Å². The number of hydrogen-bond donors (Lipinski definition) is 0. The monoisotopic (exact) mass is 263 g/mol. The van der Waals surface area contributed by atoms with Gasteiger partial charge in [0.25, 0.3) is 5.91 Å². The highest BCUT2D eigenvalue weighted by Crippen LogP contribution is 2.48. The minimum Gasteiger partial charge on any atom is -0.272 e. The van der Waals surface area contributed by atoms with Crippen LogP contribution in [0.5, 0.6) is 0 Å². The molecular formula is C16H13N3O. The average Bonchev–Trinajstić information content (AvgIpc) is 3.20. The Morgan fingerprint density at radius 1 is 1.05 bits per heavy atom. The van der Waals surface area contributed by atoms with Gasteiger partial charge in [-0.05, 0) is 30.0 Å². The lowest BCUT2D eigenvalue weighted by molar-refractivity contribution is 0.0870. The van der Waals surface area contributed by atoms with Gasteiger partial charge in [0.15, 0.2) is 0 Å². The van der Waals surface area contributed by atoms with Crippen LogP contribution >= 0.6 is 0 Å². The van der Waals surface area contributed by atoms with Crippen LogP contribution in [0.15, 0.2) is 54.6 Å². The molecule has 1 heterocycles. The number of carbonyl (C=O) groups excluding carboxylic acids is 1. The number of nitrogens with zero attached hydrogens (tertiary/aromatic N) is 3. The SMILES string of the molecule is O=C([C@@H]1C[C@@H]1c1ccccc1)n1nnc2ccccc21. The Balaban J connectivity index is 1.63. The quantitative estimate of drug-likeness (QED) is 0.714. The number of benzene rings is 2. The highest BCUT2D eigenvalue weighted by atomic mass is 16.2. The van der Waals surface area contributed by atoms with Gasteiger partial charge in [-0.2, -0.15) is 4.68 Å². The fourth-order valence-corrected chi connectivity index (χ4v) is 2.73. The number of rotatable bonds is 2. The van der Waals surface area contributed by atoms with E-state index in [-0.39, 0.29) is 11.8 Å². The van der Waals surface area contributed by atoms with E-state index in [1.54, 1.807) is 0 Å². The highest BCUT2D eigenvalue weighted by Gasteiger charge is 2.45. The van der Waals surface area contributed by atoms with Crippen LogP contribution < -0.4 is 0 Å². The summed E-state index contributed by atoms with van der Waals surface area (Å²) in [6.07, 6.45) is 0.900. The zero-order valence-corrected chi connectivity index (χ0v) is 10.8. The van der Waals surface area contributed by atoms with Crippen LogP contribution in [-0.2, 0) is 0 Å². The molecule has 98 valence electrons. The zero-order chi connectivity index (χ0) is 13.5. The molecule has 0 aliphatic heterocycles. The van der Waals surface area contributed by atoms with E-state index in [1.165, 1.54) is 10.2 Å². The number of aromatic nitrogens is 3. The summed E-state index contributed by atoms with van der Waals surface area (Å²) < 4.78 is 1.45. The Morgan fingerprint density at radius 3 is 2.65 bits per heavy atom. The third kappa shape index (κ3) is 1.72. The molecule has 2 aromatic carbocycles. The Hall–Kier alpha value is -2.49. The van der Waals surface area contributed by atoms with Crippen molar-refractivity contribution in [3.8, 4) is 0 Å². The van der Waals surface area contributed by atoms with E-state index in [0.717, 1.165) is 17.5 Å². The van der Waals surface area contributed by atoms with Crippen molar-refractivity contribution in [2.24, 2.45) is 5.92 Å². The summed E-state index contributed by atoms with van der Waals surface area (Å²) in [6, 6.07) is 17.7. The minimum absolute atomic E-state index is 0.0301. The molecule has 0 radical (unpaired) electrons. The standard InChI is InChI=1S/C16H13N3O/c20-16(13-10-12(13)11-6-2-1-3-7-11)19-15-9-5-4-8-14(15)17-18-19/h1-9,12-13H,10H2/t12-,13-/m1/s1. The first-order valence-corrected chi connectivity index (χ1v) is 6.74. The lowest BCUT2D eigenvalue weighted by Gasteiger charge is -2.01. The fourth-order valence-electron chi connectivity index (χ4n) is 2.73. The van der Waals surface area contributed by atoms with Crippen molar-refractivity contribution in [3.05, 3.63) is 60.2 Å². The molecule has 0 unspecified atom stereocenters. The van der Waals surface area contributed by atoms with Crippen molar-refractivity contribution in [3.63, 3.8) is 0 Å². The fraction of sp³-hybridized carbons (Fsp3) is 0.188. The lowest BCUT2D eigenvalue weighted by atomic mass is 10.1. The number of fused-ring (bicyclic) bond motifs is 1. The Morgan fingerprint density at radius 2 is 1.80 bits per heavy atom. The maximum Gasteiger partial charge on any atom is 0.252 e. The van der Waals surface area contributed by atoms with Crippen LogP contribution in [0.1, 0.15) is 22.7 Å². The second kappa shape index (κ2) is 4.27. The molecule has 4 heteroatoms. The van der Waals surface area contributed by atoms with Gasteiger partial charge in [0.1, 0.15) is 5.52 Å². The molecule has 3 aromatic rings. The highest BCUT2D eigenvalue weighted by molar-refractivity contribution is 5.92. The van der Waals surface area contributed by atoms with Crippen molar-refractivity contribution in [1.82, 2.24) is 15.0 Å². The summed E-state index contributed by atoms with van der Waals surface area (Å²) in [7, 11) is 0. The average molecular weight is 263 g/mol. The van der Waals surface area contributed by atoms with Crippen LogP contribution in [0.25, 0.3) is 11.0 Å². The van der Waals surface area contributed by atoms with Gasteiger partial charge in [-0.25, -0.2) is 0 Å². The van der Waals surface area contributed by atoms with E-state index < -0.39 is 0 Å². The Kier molecular flexibility index (Phi) is 2.42. The summed E-state index contributed by atoms with van der Waals surface area (Å²) >= 11 is 0. The summed E-state index contributed by atoms with van der Waals surface area (Å²) in [4.78, 5) is 12.5. The lowest BCUT2D eigenvalue weighted by Crippen LogP contribution is -2.15. The molecule has 1 aliphatic carbocycles. The summed E-state index contributed by atoms with van der Waals surface area (Å²) in [5.74, 6) is 0.404. The zero-order valence-electron chi connectivity index (χ0n) is 10.8. The molecule has 2 atom stereocenters. The molecule has 0 spiro atoms. The normalized spacial score (nSPS) is 21.0. The van der Waals surface area contributed by atoms with Gasteiger partial charge in [0, 0.05) is 5.92 Å². The van der Waals surface area contributed by atoms with Gasteiger partial charge in [-0.15, -0.1) is 5.10 Å². The van der Waals surface area contributed by atoms with Gasteiger partial charge in [0.05, 0.1) is 5.52 Å². The molecule has 4 rings (SSSR count). The van der Waals surface area contributed by atoms with E-state index in [0.29, 0.717) is 5.92 Å². The van der Waals surface area contributed by atoms with Crippen molar-refractivity contribution in [2.75, 3.05) is 0 Å². The molecule has 1 fully saturated rings. The topological polar surface area (TPSA) is 47.8 Å². The summed E-state index contributed by atoms with van der Waals surface area (Å²) in [5, 5.41) is 8.04. The van der Waals surface area contributed by atoms with Crippen LogP contribution in [0.3, 0.4) is 0 Å². The van der Waals surface area contributed by atoms with Crippen LogP contribution in [0, 0.1) is 5.92 Å². The molecular weight excluding hydrogens is 250 g/mol. The summed E-state index contributed by atoms with van der Waals surface area (Å²) in [6.45, 7) is 0. The molecule has 0 saturated heterocycles. The first-order chi connectivity index (χ1) is 9.84. The third-order valence-electron chi connectivity index (χ3n) is 3.90. The van der Waals surface area contributed by atoms with Crippen molar-refractivity contribution >= 4 is 16.9 Å². The molecule has 0 bridgehead atoms. The molecule has 20 heavy (non-hydrogen) atoms. The van der Waals surface area contributed by atoms with Crippen molar-refractivity contribution in [2.45, 2.75) is 12.3 Å². The molecule has 0 amide bonds. The predicted octanol–water partition coefficient (Wildman–Crippen LogP) is 2.88. The predicted molar refractivity (Wildman–Crippen MR) is 75.4 cm³/mol. The first-order valence-electron chi connectivity index (χ1n) is 6.74. The number of para-hydroxylation sites is 1. The smallest absolute Gasteiger partial charge is 0.252 e.